The summed E-state index contributed by atoms with van der Waals surface area (Å²) in [7, 11) is -4.41. The van der Waals surface area contributed by atoms with Gasteiger partial charge >= 0.3 is 16.3 Å². The first-order valence-corrected chi connectivity index (χ1v) is 4.56. The second kappa shape index (κ2) is 3.91. The van der Waals surface area contributed by atoms with Gasteiger partial charge in [0.05, 0.1) is 6.16 Å². The normalized spacial score (nSPS) is 17.0. The van der Waals surface area contributed by atoms with Gasteiger partial charge in [0.15, 0.2) is 0 Å². The van der Waals surface area contributed by atoms with Gasteiger partial charge in [-0.05, 0) is 0 Å². The van der Waals surface area contributed by atoms with Crippen LogP contribution < -0.4 is 0 Å². The van der Waals surface area contributed by atoms with Crippen LogP contribution in [0.1, 0.15) is 0 Å². The number of hydrogen-bond acceptors (Lipinski definition) is 3. The monoisotopic (exact) mass is 168 g/mol. The lowest BCUT2D eigenvalue weighted by atomic mass is 10.8. The fraction of sp³-hybridized carbons (Fsp3) is 0.333. The predicted octanol–water partition coefficient (Wildman–Crippen LogP) is 1.58. The summed E-state index contributed by atoms with van der Waals surface area (Å²) in [5.74, 6) is 0. The van der Waals surface area contributed by atoms with Crippen molar-refractivity contribution in [3.8, 4) is 0 Å². The van der Waals surface area contributed by atoms with Crippen molar-refractivity contribution in [1.29, 1.82) is 0 Å². The second-order valence-corrected chi connectivity index (χ2v) is 3.71. The van der Waals surface area contributed by atoms with Crippen molar-refractivity contribution < 1.29 is 18.3 Å². The zero-order valence-corrected chi connectivity index (χ0v) is 6.35. The fourth-order valence-corrected chi connectivity index (χ4v) is 1.26. The van der Waals surface area contributed by atoms with E-state index >= 15 is 0 Å². The summed E-state index contributed by atoms with van der Waals surface area (Å²) < 4.78 is 24.0. The summed E-state index contributed by atoms with van der Waals surface area (Å²) >= 11 is 0. The lowest BCUT2D eigenvalue weighted by Crippen LogP contribution is -1.81. The molecule has 0 heterocycles. The maximum Gasteiger partial charge on any atom is 0.342 e. The van der Waals surface area contributed by atoms with Gasteiger partial charge in [-0.2, -0.15) is 0 Å². The molecular formula is C3H6O4P2. The molecule has 0 fully saturated rings. The van der Waals surface area contributed by atoms with E-state index < -0.39 is 16.3 Å². The topological polar surface area (TPSA) is 63.6 Å². The van der Waals surface area contributed by atoms with Gasteiger partial charge in [-0.25, -0.2) is 8.88 Å². The van der Waals surface area contributed by atoms with Crippen LogP contribution in [0.25, 0.3) is 0 Å². The SMILES string of the molecule is C=CCP(=O)(O)OP=O. The Morgan fingerprint density at radius 2 is 2.44 bits per heavy atom. The van der Waals surface area contributed by atoms with Gasteiger partial charge < -0.3 is 4.89 Å². The third-order valence-corrected chi connectivity index (χ3v) is 2.53. The first-order chi connectivity index (χ1) is 4.12. The Labute approximate surface area is 54.4 Å². The maximum absolute atomic E-state index is 10.5. The highest BCUT2D eigenvalue weighted by Crippen LogP contribution is 2.45. The van der Waals surface area contributed by atoms with Gasteiger partial charge in [0, 0.05) is 0 Å². The fourth-order valence-electron chi connectivity index (χ4n) is 0.249. The van der Waals surface area contributed by atoms with Crippen LogP contribution in [-0.4, -0.2) is 11.1 Å². The van der Waals surface area contributed by atoms with Gasteiger partial charge in [0.1, 0.15) is 0 Å². The van der Waals surface area contributed by atoms with Gasteiger partial charge in [0.2, 0.25) is 0 Å². The Hall–Kier alpha value is -0.0100. The van der Waals surface area contributed by atoms with Crippen LogP contribution in [0, 0.1) is 0 Å². The zero-order chi connectivity index (χ0) is 7.33. The molecule has 0 aromatic heterocycles. The average Bonchev–Trinajstić information content (AvgIpc) is 1.64. The number of allylic oxidation sites excluding steroid dienone is 1. The van der Waals surface area contributed by atoms with E-state index in [4.69, 9.17) is 4.89 Å². The summed E-state index contributed by atoms with van der Waals surface area (Å²) in [6.45, 7) is 3.21. The number of hydrogen-bond donors (Lipinski definition) is 1. The van der Waals surface area contributed by atoms with Crippen LogP contribution >= 0.6 is 16.3 Å². The summed E-state index contributed by atoms with van der Waals surface area (Å²) in [6, 6.07) is 0. The quantitative estimate of drug-likeness (QED) is 0.511. The van der Waals surface area contributed by atoms with Crippen LogP contribution in [0.15, 0.2) is 12.7 Å². The molecule has 0 aliphatic heterocycles. The number of rotatable bonds is 4. The van der Waals surface area contributed by atoms with E-state index in [0.717, 1.165) is 0 Å². The third-order valence-electron chi connectivity index (χ3n) is 0.521. The second-order valence-electron chi connectivity index (χ2n) is 1.26. The van der Waals surface area contributed by atoms with Crippen LogP contribution in [0.4, 0.5) is 0 Å². The molecule has 9 heavy (non-hydrogen) atoms. The molecule has 1 unspecified atom stereocenters. The van der Waals surface area contributed by atoms with E-state index in [1.807, 2.05) is 0 Å². The minimum absolute atomic E-state index is 0.178. The van der Waals surface area contributed by atoms with Crippen molar-refractivity contribution in [3.63, 3.8) is 0 Å². The Morgan fingerprint density at radius 3 is 2.78 bits per heavy atom. The molecule has 0 rings (SSSR count). The van der Waals surface area contributed by atoms with Crippen molar-refractivity contribution >= 4 is 16.3 Å². The highest BCUT2D eigenvalue weighted by Gasteiger charge is 2.16. The van der Waals surface area contributed by atoms with Crippen LogP contribution in [0.2, 0.25) is 0 Å². The summed E-state index contributed by atoms with van der Waals surface area (Å²) in [5, 5.41) is 0. The van der Waals surface area contributed by atoms with E-state index in [1.54, 1.807) is 0 Å². The molecule has 0 aromatic carbocycles. The van der Waals surface area contributed by atoms with Crippen LogP contribution in [-0.2, 0) is 13.4 Å². The molecule has 0 saturated carbocycles. The van der Waals surface area contributed by atoms with Gasteiger partial charge in [-0.3, -0.25) is 4.57 Å². The molecule has 0 radical (unpaired) electrons. The summed E-state index contributed by atoms with van der Waals surface area (Å²) in [5.41, 5.74) is 0. The Balaban J connectivity index is 3.85. The van der Waals surface area contributed by atoms with E-state index in [0.29, 0.717) is 0 Å². The molecule has 4 nitrogen and oxygen atoms in total. The average molecular weight is 168 g/mol. The third kappa shape index (κ3) is 4.49. The molecule has 0 aromatic rings. The molecule has 1 atom stereocenters. The molecule has 0 bridgehead atoms. The molecule has 1 N–H and O–H groups in total. The van der Waals surface area contributed by atoms with Crippen LogP contribution in [0.5, 0.6) is 0 Å². The highest BCUT2D eigenvalue weighted by molar-refractivity contribution is 7.57. The van der Waals surface area contributed by atoms with Gasteiger partial charge in [0.25, 0.3) is 0 Å². The Morgan fingerprint density at radius 1 is 1.89 bits per heavy atom. The minimum atomic E-state index is -3.64. The van der Waals surface area contributed by atoms with E-state index in [1.165, 1.54) is 6.08 Å². The van der Waals surface area contributed by atoms with Crippen molar-refractivity contribution in [2.45, 2.75) is 0 Å². The highest BCUT2D eigenvalue weighted by atomic mass is 31.2. The van der Waals surface area contributed by atoms with E-state index in [9.17, 15) is 9.13 Å². The smallest absolute Gasteiger partial charge is 0.324 e. The lowest BCUT2D eigenvalue weighted by molar-refractivity contribution is 0.392. The molecule has 0 amide bonds. The largest absolute Gasteiger partial charge is 0.342 e. The predicted molar refractivity (Wildman–Crippen MR) is 33.6 cm³/mol. The molecule has 52 valence electrons. The van der Waals surface area contributed by atoms with Crippen molar-refractivity contribution in [2.75, 3.05) is 6.16 Å². The molecule has 0 saturated heterocycles. The molecule has 0 aliphatic carbocycles. The van der Waals surface area contributed by atoms with Crippen molar-refractivity contribution in [3.05, 3.63) is 12.7 Å². The molecular weight excluding hydrogens is 162 g/mol. The van der Waals surface area contributed by atoms with E-state index in [2.05, 4.69) is 10.9 Å². The van der Waals surface area contributed by atoms with Crippen molar-refractivity contribution in [2.24, 2.45) is 0 Å². The van der Waals surface area contributed by atoms with Crippen LogP contribution in [0.3, 0.4) is 0 Å². The summed E-state index contributed by atoms with van der Waals surface area (Å²) in [6.07, 6.45) is 1.05. The van der Waals surface area contributed by atoms with Crippen molar-refractivity contribution in [1.82, 2.24) is 0 Å². The minimum Gasteiger partial charge on any atom is -0.324 e. The Kier molecular flexibility index (Phi) is 3.91. The zero-order valence-electron chi connectivity index (χ0n) is 4.56. The molecule has 6 heteroatoms. The van der Waals surface area contributed by atoms with Gasteiger partial charge in [-0.1, -0.05) is 6.08 Å². The van der Waals surface area contributed by atoms with Gasteiger partial charge in [-0.15, -0.1) is 6.58 Å². The summed E-state index contributed by atoms with van der Waals surface area (Å²) in [4.78, 5) is 8.57. The first-order valence-electron chi connectivity index (χ1n) is 2.06. The van der Waals surface area contributed by atoms with E-state index in [-0.39, 0.29) is 6.16 Å². The standard InChI is InChI=1S/C3H6O4P2/c1-2-3-9(5,6)7-8-4/h2H,1,3H2,(H,5,6). The Bertz CT molecular complexity index is 140. The molecule has 0 aliphatic rings. The lowest BCUT2D eigenvalue weighted by Gasteiger charge is -2.00. The maximum atomic E-state index is 10.5. The first kappa shape index (κ1) is 8.99. The molecule has 0 spiro atoms.